The zero-order valence-electron chi connectivity index (χ0n) is 15.4. The van der Waals surface area contributed by atoms with Crippen molar-refractivity contribution in [3.63, 3.8) is 0 Å². The van der Waals surface area contributed by atoms with E-state index in [0.29, 0.717) is 10.1 Å². The molecule has 1 aromatic heterocycles. The zero-order chi connectivity index (χ0) is 19.3. The molecule has 1 aliphatic rings. The predicted molar refractivity (Wildman–Crippen MR) is 115 cm³/mol. The predicted octanol–water partition coefficient (Wildman–Crippen LogP) is 5.45. The molecule has 3 aromatic rings. The third-order valence-electron chi connectivity index (χ3n) is 4.49. The van der Waals surface area contributed by atoms with Crippen LogP contribution >= 0.6 is 11.8 Å². The Kier molecular flexibility index (Phi) is 5.35. The molecular formula is C23H19N3OS. The molecule has 1 aliphatic heterocycles. The maximum Gasteiger partial charge on any atom is 0.267 e. The number of aliphatic imine (C=N–C) groups is 1. The van der Waals surface area contributed by atoms with E-state index in [-0.39, 0.29) is 11.9 Å². The van der Waals surface area contributed by atoms with Crippen molar-refractivity contribution in [2.45, 2.75) is 13.0 Å². The normalized spacial score (nSPS) is 18.0. The van der Waals surface area contributed by atoms with Gasteiger partial charge in [-0.25, -0.2) is 4.99 Å². The van der Waals surface area contributed by atoms with Gasteiger partial charge in [-0.05, 0) is 60.2 Å². The second kappa shape index (κ2) is 8.23. The van der Waals surface area contributed by atoms with Crippen LogP contribution < -0.4 is 0 Å². The molecule has 0 unspecified atom stereocenters. The fourth-order valence-electron chi connectivity index (χ4n) is 3.01. The van der Waals surface area contributed by atoms with E-state index in [1.165, 1.54) is 11.8 Å². The lowest BCUT2D eigenvalue weighted by Gasteiger charge is -2.24. The second-order valence-corrected chi connectivity index (χ2v) is 7.39. The number of nitrogens with zero attached hydrogens (tertiary/aromatic N) is 3. The summed E-state index contributed by atoms with van der Waals surface area (Å²) < 4.78 is 0. The highest BCUT2D eigenvalue weighted by Gasteiger charge is 2.37. The van der Waals surface area contributed by atoms with Crippen LogP contribution in [0.5, 0.6) is 0 Å². The standard InChI is InChI=1S/C23H19N3OS/c1-17(19-8-4-2-5-9-19)26-22(27)21(16-18-12-14-24-15-13-18)28-23(26)25-20-10-6-3-7-11-20/h2-17H,1H3/b21-16+,25-23?/t17-/m1/s1. The van der Waals surface area contributed by atoms with Crippen molar-refractivity contribution in [3.8, 4) is 0 Å². The van der Waals surface area contributed by atoms with Gasteiger partial charge in [-0.15, -0.1) is 0 Å². The molecular weight excluding hydrogens is 366 g/mol. The third kappa shape index (κ3) is 3.89. The first kappa shape index (κ1) is 18.2. The van der Waals surface area contributed by atoms with Crippen LogP contribution in [0.3, 0.4) is 0 Å². The highest BCUT2D eigenvalue weighted by Crippen LogP contribution is 2.39. The molecule has 2 aromatic carbocycles. The van der Waals surface area contributed by atoms with Crippen molar-refractivity contribution in [3.05, 3.63) is 101 Å². The summed E-state index contributed by atoms with van der Waals surface area (Å²) in [5.74, 6) is -0.0344. The van der Waals surface area contributed by atoms with E-state index in [9.17, 15) is 4.79 Å². The summed E-state index contributed by atoms with van der Waals surface area (Å²) in [5, 5.41) is 0.688. The molecule has 0 N–H and O–H groups in total. The molecule has 5 heteroatoms. The van der Waals surface area contributed by atoms with Gasteiger partial charge in [0.25, 0.3) is 5.91 Å². The molecule has 138 valence electrons. The second-order valence-electron chi connectivity index (χ2n) is 6.38. The maximum atomic E-state index is 13.3. The minimum Gasteiger partial charge on any atom is -0.279 e. The number of carbonyl (C=O) groups is 1. The van der Waals surface area contributed by atoms with Crippen molar-refractivity contribution in [1.29, 1.82) is 0 Å². The molecule has 0 aliphatic carbocycles. The number of amidine groups is 1. The Hall–Kier alpha value is -3.18. The smallest absolute Gasteiger partial charge is 0.267 e. The molecule has 1 atom stereocenters. The average molecular weight is 385 g/mol. The van der Waals surface area contributed by atoms with Crippen LogP contribution in [0.2, 0.25) is 0 Å². The number of carbonyl (C=O) groups excluding carboxylic acids is 1. The van der Waals surface area contributed by atoms with E-state index in [1.54, 1.807) is 17.3 Å². The molecule has 28 heavy (non-hydrogen) atoms. The minimum atomic E-state index is -0.119. The summed E-state index contributed by atoms with van der Waals surface area (Å²) >= 11 is 1.41. The molecule has 4 nitrogen and oxygen atoms in total. The zero-order valence-corrected chi connectivity index (χ0v) is 16.2. The quantitative estimate of drug-likeness (QED) is 0.561. The van der Waals surface area contributed by atoms with E-state index in [1.807, 2.05) is 85.8 Å². The lowest BCUT2D eigenvalue weighted by Crippen LogP contribution is -2.32. The molecule has 4 rings (SSSR count). The van der Waals surface area contributed by atoms with E-state index in [2.05, 4.69) is 4.98 Å². The summed E-state index contributed by atoms with van der Waals surface area (Å²) in [7, 11) is 0. The number of hydrogen-bond donors (Lipinski definition) is 0. The van der Waals surface area contributed by atoms with E-state index < -0.39 is 0 Å². The first-order chi connectivity index (χ1) is 13.7. The third-order valence-corrected chi connectivity index (χ3v) is 5.47. The lowest BCUT2D eigenvalue weighted by molar-refractivity contribution is -0.123. The van der Waals surface area contributed by atoms with Gasteiger partial charge in [0.2, 0.25) is 0 Å². The molecule has 0 bridgehead atoms. The molecule has 1 fully saturated rings. The number of hydrogen-bond acceptors (Lipinski definition) is 4. The molecule has 1 amide bonds. The van der Waals surface area contributed by atoms with Crippen LogP contribution in [0.1, 0.15) is 24.1 Å². The van der Waals surface area contributed by atoms with Gasteiger partial charge in [-0.1, -0.05) is 48.5 Å². The summed E-state index contributed by atoms with van der Waals surface area (Å²) in [6, 6.07) is 23.4. The Bertz CT molecular complexity index is 1020. The van der Waals surface area contributed by atoms with Crippen LogP contribution in [-0.4, -0.2) is 21.0 Å². The maximum absolute atomic E-state index is 13.3. The molecule has 0 radical (unpaired) electrons. The Balaban J connectivity index is 1.74. The fourth-order valence-corrected chi connectivity index (χ4v) is 4.08. The van der Waals surface area contributed by atoms with Crippen LogP contribution in [0, 0.1) is 0 Å². The average Bonchev–Trinajstić information content (AvgIpc) is 3.04. The fraction of sp³-hybridized carbons (Fsp3) is 0.0870. The first-order valence-electron chi connectivity index (χ1n) is 9.04. The monoisotopic (exact) mass is 385 g/mol. The van der Waals surface area contributed by atoms with Crippen LogP contribution in [0.25, 0.3) is 6.08 Å². The van der Waals surface area contributed by atoms with Crippen LogP contribution in [-0.2, 0) is 4.79 Å². The minimum absolute atomic E-state index is 0.0344. The SMILES string of the molecule is C[C@H](c1ccccc1)N1C(=O)/C(=C\c2ccncc2)SC1=Nc1ccccc1. The number of benzene rings is 2. The first-order valence-corrected chi connectivity index (χ1v) is 9.86. The van der Waals surface area contributed by atoms with Crippen molar-refractivity contribution in [1.82, 2.24) is 9.88 Å². The highest BCUT2D eigenvalue weighted by molar-refractivity contribution is 8.18. The van der Waals surface area contributed by atoms with Gasteiger partial charge in [0.05, 0.1) is 16.6 Å². The van der Waals surface area contributed by atoms with Gasteiger partial charge in [-0.2, -0.15) is 0 Å². The number of aromatic nitrogens is 1. The summed E-state index contributed by atoms with van der Waals surface area (Å²) in [6.07, 6.45) is 5.34. The topological polar surface area (TPSA) is 45.6 Å². The molecule has 0 saturated carbocycles. The van der Waals surface area contributed by atoms with Crippen molar-refractivity contribution in [2.75, 3.05) is 0 Å². The number of pyridine rings is 1. The van der Waals surface area contributed by atoms with Crippen molar-refractivity contribution < 1.29 is 4.79 Å². The summed E-state index contributed by atoms with van der Waals surface area (Å²) in [5.41, 5.74) is 2.84. The van der Waals surface area contributed by atoms with E-state index >= 15 is 0 Å². The van der Waals surface area contributed by atoms with Gasteiger partial charge in [0.1, 0.15) is 0 Å². The van der Waals surface area contributed by atoms with Gasteiger partial charge in [0, 0.05) is 12.4 Å². The lowest BCUT2D eigenvalue weighted by atomic mass is 10.1. The largest absolute Gasteiger partial charge is 0.279 e. The Morgan fingerprint density at radius 1 is 0.964 bits per heavy atom. The molecule has 0 spiro atoms. The Morgan fingerprint density at radius 3 is 2.29 bits per heavy atom. The van der Waals surface area contributed by atoms with Crippen molar-refractivity contribution >= 4 is 34.6 Å². The van der Waals surface area contributed by atoms with E-state index in [0.717, 1.165) is 16.8 Å². The summed E-state index contributed by atoms with van der Waals surface area (Å²) in [6.45, 7) is 2.03. The van der Waals surface area contributed by atoms with Crippen LogP contribution in [0.15, 0.2) is 95.1 Å². The van der Waals surface area contributed by atoms with Gasteiger partial charge >= 0.3 is 0 Å². The molecule has 1 saturated heterocycles. The number of thioether (sulfide) groups is 1. The number of rotatable bonds is 4. The number of para-hydroxylation sites is 1. The Morgan fingerprint density at radius 2 is 1.61 bits per heavy atom. The van der Waals surface area contributed by atoms with Gasteiger partial charge in [-0.3, -0.25) is 14.7 Å². The number of amides is 1. The van der Waals surface area contributed by atoms with Gasteiger partial charge in [0.15, 0.2) is 5.17 Å². The van der Waals surface area contributed by atoms with Crippen LogP contribution in [0.4, 0.5) is 5.69 Å². The summed E-state index contributed by atoms with van der Waals surface area (Å²) in [4.78, 5) is 24.5. The molecule has 2 heterocycles. The Labute approximate surface area is 168 Å². The van der Waals surface area contributed by atoms with Gasteiger partial charge < -0.3 is 0 Å². The highest BCUT2D eigenvalue weighted by atomic mass is 32.2. The van der Waals surface area contributed by atoms with Crippen molar-refractivity contribution in [2.24, 2.45) is 4.99 Å². The van der Waals surface area contributed by atoms with E-state index in [4.69, 9.17) is 4.99 Å².